The first-order valence-electron chi connectivity index (χ1n) is 5.19. The van der Waals surface area contributed by atoms with Gasteiger partial charge < -0.3 is 11.1 Å². The summed E-state index contributed by atoms with van der Waals surface area (Å²) in [5.41, 5.74) is 5.19. The van der Waals surface area contributed by atoms with Gasteiger partial charge in [-0.2, -0.15) is 0 Å². The van der Waals surface area contributed by atoms with Crippen LogP contribution in [-0.4, -0.2) is 17.9 Å². The highest BCUT2D eigenvalue weighted by molar-refractivity contribution is 5.87. The summed E-state index contributed by atoms with van der Waals surface area (Å²) >= 11 is 0. The van der Waals surface area contributed by atoms with E-state index in [1.165, 1.54) is 0 Å². The Morgan fingerprint density at radius 1 is 1.47 bits per heavy atom. The Labute approximate surface area is 90.9 Å². The minimum atomic E-state index is -0.556. The van der Waals surface area contributed by atoms with E-state index < -0.39 is 11.9 Å². The Bertz CT molecular complexity index is 237. The number of rotatable bonds is 7. The molecular weight excluding hydrogens is 192 g/mol. The fourth-order valence-electron chi connectivity index (χ4n) is 1.09. The van der Waals surface area contributed by atoms with Crippen molar-refractivity contribution in [1.29, 1.82) is 0 Å². The highest BCUT2D eigenvalue weighted by atomic mass is 16.2. The van der Waals surface area contributed by atoms with Gasteiger partial charge in [0, 0.05) is 5.92 Å². The molecule has 0 spiro atoms. The number of unbranched alkanes of at least 4 members (excludes halogenated alkanes) is 1. The molecule has 15 heavy (non-hydrogen) atoms. The van der Waals surface area contributed by atoms with E-state index in [1.807, 2.05) is 0 Å². The molecule has 0 aromatic carbocycles. The molecule has 4 nitrogen and oxygen atoms in total. The highest BCUT2D eigenvalue weighted by Crippen LogP contribution is 2.02. The van der Waals surface area contributed by atoms with Gasteiger partial charge in [-0.25, -0.2) is 0 Å². The van der Waals surface area contributed by atoms with Gasteiger partial charge in [0.05, 0.1) is 0 Å². The second-order valence-corrected chi connectivity index (χ2v) is 3.84. The number of primary amides is 1. The molecule has 0 aliphatic rings. The fraction of sp³-hybridized carbons (Fsp3) is 0.636. The lowest BCUT2D eigenvalue weighted by atomic mass is 10.1. The summed E-state index contributed by atoms with van der Waals surface area (Å²) in [5.74, 6) is -0.753. The van der Waals surface area contributed by atoms with E-state index in [1.54, 1.807) is 19.9 Å². The summed E-state index contributed by atoms with van der Waals surface area (Å²) in [6.45, 7) is 7.14. The standard InChI is InChI=1S/C11H20N2O2/c1-4-5-6-7-9(10(12)14)13-11(15)8(2)3/h4,8-9H,1,5-7H2,2-3H3,(H2,12,14)(H,13,15)/t9-/m0/s1. The van der Waals surface area contributed by atoms with Crippen LogP contribution in [0.2, 0.25) is 0 Å². The maximum atomic E-state index is 11.4. The first-order valence-corrected chi connectivity index (χ1v) is 5.19. The Kier molecular flexibility index (Phi) is 6.42. The number of carbonyl (C=O) groups is 2. The van der Waals surface area contributed by atoms with Gasteiger partial charge in [-0.3, -0.25) is 9.59 Å². The van der Waals surface area contributed by atoms with E-state index in [9.17, 15) is 9.59 Å². The van der Waals surface area contributed by atoms with Crippen LogP contribution in [0.4, 0.5) is 0 Å². The molecule has 0 bridgehead atoms. The molecule has 0 fully saturated rings. The molecule has 0 unspecified atom stereocenters. The third-order valence-corrected chi connectivity index (χ3v) is 2.09. The number of allylic oxidation sites excluding steroid dienone is 1. The first kappa shape index (κ1) is 13.7. The SMILES string of the molecule is C=CCCC[C@H](NC(=O)C(C)C)C(N)=O. The van der Waals surface area contributed by atoms with Gasteiger partial charge in [0.25, 0.3) is 0 Å². The molecular formula is C11H20N2O2. The van der Waals surface area contributed by atoms with Gasteiger partial charge in [-0.05, 0) is 19.3 Å². The van der Waals surface area contributed by atoms with Gasteiger partial charge in [0.1, 0.15) is 6.04 Å². The number of nitrogens with one attached hydrogen (secondary N) is 1. The van der Waals surface area contributed by atoms with Crippen LogP contribution in [0.3, 0.4) is 0 Å². The zero-order chi connectivity index (χ0) is 11.8. The molecule has 0 heterocycles. The van der Waals surface area contributed by atoms with Crippen molar-refractivity contribution in [3.63, 3.8) is 0 Å². The minimum absolute atomic E-state index is 0.133. The zero-order valence-electron chi connectivity index (χ0n) is 9.45. The number of hydrogen-bond donors (Lipinski definition) is 2. The molecule has 86 valence electrons. The quantitative estimate of drug-likeness (QED) is 0.487. The maximum absolute atomic E-state index is 11.4. The molecule has 0 rings (SSSR count). The van der Waals surface area contributed by atoms with Gasteiger partial charge >= 0.3 is 0 Å². The third kappa shape index (κ3) is 5.88. The molecule has 0 saturated heterocycles. The van der Waals surface area contributed by atoms with Crippen molar-refractivity contribution < 1.29 is 9.59 Å². The smallest absolute Gasteiger partial charge is 0.239 e. The molecule has 0 aromatic rings. The van der Waals surface area contributed by atoms with Crippen molar-refractivity contribution in [1.82, 2.24) is 5.32 Å². The first-order chi connectivity index (χ1) is 6.99. The normalized spacial score (nSPS) is 12.2. The van der Waals surface area contributed by atoms with Crippen LogP contribution in [0, 0.1) is 5.92 Å². The van der Waals surface area contributed by atoms with Crippen LogP contribution in [0.1, 0.15) is 33.1 Å². The average Bonchev–Trinajstić information content (AvgIpc) is 2.15. The van der Waals surface area contributed by atoms with Crippen LogP contribution in [0.25, 0.3) is 0 Å². The largest absolute Gasteiger partial charge is 0.368 e. The Balaban J connectivity index is 4.10. The Morgan fingerprint density at radius 3 is 2.47 bits per heavy atom. The number of hydrogen-bond acceptors (Lipinski definition) is 2. The third-order valence-electron chi connectivity index (χ3n) is 2.09. The molecule has 1 atom stereocenters. The van der Waals surface area contributed by atoms with Crippen LogP contribution in [-0.2, 0) is 9.59 Å². The van der Waals surface area contributed by atoms with Crippen molar-refractivity contribution in [3.05, 3.63) is 12.7 Å². The van der Waals surface area contributed by atoms with E-state index in [0.717, 1.165) is 12.8 Å². The number of amides is 2. The average molecular weight is 212 g/mol. The molecule has 0 aliphatic heterocycles. The van der Waals surface area contributed by atoms with Crippen LogP contribution in [0.5, 0.6) is 0 Å². The fourth-order valence-corrected chi connectivity index (χ4v) is 1.09. The summed E-state index contributed by atoms with van der Waals surface area (Å²) in [5, 5.41) is 2.63. The van der Waals surface area contributed by atoms with Crippen molar-refractivity contribution >= 4 is 11.8 Å². The summed E-state index contributed by atoms with van der Waals surface area (Å²) in [7, 11) is 0. The molecule has 3 N–H and O–H groups in total. The number of nitrogens with two attached hydrogens (primary N) is 1. The van der Waals surface area contributed by atoms with E-state index in [4.69, 9.17) is 5.73 Å². The summed E-state index contributed by atoms with van der Waals surface area (Å²) in [6, 6.07) is -0.556. The Hall–Kier alpha value is -1.32. The van der Waals surface area contributed by atoms with Crippen molar-refractivity contribution in [2.75, 3.05) is 0 Å². The second-order valence-electron chi connectivity index (χ2n) is 3.84. The molecule has 0 aliphatic carbocycles. The van der Waals surface area contributed by atoms with Gasteiger partial charge in [-0.1, -0.05) is 19.9 Å². The van der Waals surface area contributed by atoms with Crippen molar-refractivity contribution in [2.24, 2.45) is 11.7 Å². The highest BCUT2D eigenvalue weighted by Gasteiger charge is 2.18. The number of carbonyl (C=O) groups excluding carboxylic acids is 2. The van der Waals surface area contributed by atoms with E-state index >= 15 is 0 Å². The lowest BCUT2D eigenvalue weighted by Gasteiger charge is -2.16. The van der Waals surface area contributed by atoms with Crippen molar-refractivity contribution in [3.8, 4) is 0 Å². The maximum Gasteiger partial charge on any atom is 0.239 e. The summed E-state index contributed by atoms with van der Waals surface area (Å²) < 4.78 is 0. The molecule has 0 aromatic heterocycles. The van der Waals surface area contributed by atoms with Crippen LogP contribution >= 0.6 is 0 Å². The van der Waals surface area contributed by atoms with Crippen LogP contribution in [0.15, 0.2) is 12.7 Å². The van der Waals surface area contributed by atoms with Gasteiger partial charge in [0.2, 0.25) is 11.8 Å². The predicted molar refractivity (Wildman–Crippen MR) is 60.0 cm³/mol. The lowest BCUT2D eigenvalue weighted by Crippen LogP contribution is -2.45. The zero-order valence-corrected chi connectivity index (χ0v) is 9.45. The van der Waals surface area contributed by atoms with E-state index in [-0.39, 0.29) is 11.8 Å². The topological polar surface area (TPSA) is 72.2 Å². The monoisotopic (exact) mass is 212 g/mol. The predicted octanol–water partition coefficient (Wildman–Crippen LogP) is 0.969. The molecule has 4 heteroatoms. The van der Waals surface area contributed by atoms with Gasteiger partial charge in [0.15, 0.2) is 0 Å². The summed E-state index contributed by atoms with van der Waals surface area (Å²) in [6.07, 6.45) is 3.97. The lowest BCUT2D eigenvalue weighted by molar-refractivity contribution is -0.129. The molecule has 2 amide bonds. The minimum Gasteiger partial charge on any atom is -0.368 e. The van der Waals surface area contributed by atoms with Crippen molar-refractivity contribution in [2.45, 2.75) is 39.2 Å². The van der Waals surface area contributed by atoms with E-state index in [0.29, 0.717) is 6.42 Å². The van der Waals surface area contributed by atoms with Gasteiger partial charge in [-0.15, -0.1) is 6.58 Å². The second kappa shape index (κ2) is 7.04. The summed E-state index contributed by atoms with van der Waals surface area (Å²) in [4.78, 5) is 22.4. The molecule has 0 saturated carbocycles. The molecule has 0 radical (unpaired) electrons. The Morgan fingerprint density at radius 2 is 2.07 bits per heavy atom. The van der Waals surface area contributed by atoms with E-state index in [2.05, 4.69) is 11.9 Å². The van der Waals surface area contributed by atoms with Crippen LogP contribution < -0.4 is 11.1 Å².